The number of likely N-dealkylation sites (N-methyl/N-ethyl adjacent to an activating group) is 1. The van der Waals surface area contributed by atoms with E-state index in [1.165, 1.54) is 13.2 Å². The van der Waals surface area contributed by atoms with E-state index in [-0.39, 0.29) is 18.2 Å². The Bertz CT molecular complexity index is 785. The van der Waals surface area contributed by atoms with Crippen LogP contribution >= 0.6 is 0 Å². The van der Waals surface area contributed by atoms with Gasteiger partial charge in [-0.2, -0.15) is 5.26 Å². The summed E-state index contributed by atoms with van der Waals surface area (Å²) in [5.74, 6) is -0.355. The second kappa shape index (κ2) is 9.54. The van der Waals surface area contributed by atoms with E-state index in [2.05, 4.69) is 11.4 Å². The van der Waals surface area contributed by atoms with Gasteiger partial charge >= 0.3 is 0 Å². The van der Waals surface area contributed by atoms with E-state index in [0.717, 1.165) is 11.1 Å². The number of nitrogens with zero attached hydrogens (tertiary/aromatic N) is 2. The molecule has 0 aliphatic heterocycles. The van der Waals surface area contributed by atoms with Crippen LogP contribution in [0.4, 0.5) is 10.1 Å². The van der Waals surface area contributed by atoms with Gasteiger partial charge in [-0.05, 0) is 41.9 Å². The molecule has 0 unspecified atom stereocenters. The van der Waals surface area contributed by atoms with Gasteiger partial charge in [0.1, 0.15) is 0 Å². The molecule has 1 N–H and O–H groups in total. The van der Waals surface area contributed by atoms with E-state index in [1.54, 1.807) is 24.3 Å². The molecule has 0 heterocycles. The van der Waals surface area contributed by atoms with Crippen molar-refractivity contribution in [2.24, 2.45) is 0 Å². The summed E-state index contributed by atoms with van der Waals surface area (Å²) >= 11 is 0. The first-order valence-corrected chi connectivity index (χ1v) is 8.36. The van der Waals surface area contributed by atoms with Gasteiger partial charge < -0.3 is 10.1 Å². The van der Waals surface area contributed by atoms with Crippen LogP contribution in [0.5, 0.6) is 5.75 Å². The number of nitrogens with one attached hydrogen (secondary N) is 1. The van der Waals surface area contributed by atoms with E-state index in [9.17, 15) is 9.18 Å². The van der Waals surface area contributed by atoms with Gasteiger partial charge in [-0.3, -0.25) is 9.69 Å². The van der Waals surface area contributed by atoms with Crippen LogP contribution in [-0.4, -0.2) is 31.0 Å². The summed E-state index contributed by atoms with van der Waals surface area (Å²) in [6.45, 7) is 3.27. The minimum Gasteiger partial charge on any atom is -0.494 e. The number of rotatable bonds is 8. The van der Waals surface area contributed by atoms with Gasteiger partial charge in [-0.1, -0.05) is 25.1 Å². The predicted molar refractivity (Wildman–Crippen MR) is 98.3 cm³/mol. The highest BCUT2D eigenvalue weighted by molar-refractivity contribution is 5.92. The lowest BCUT2D eigenvalue weighted by molar-refractivity contribution is -0.117. The minimum atomic E-state index is -0.414. The monoisotopic (exact) mass is 355 g/mol. The number of hydrogen-bond donors (Lipinski definition) is 1. The van der Waals surface area contributed by atoms with Crippen LogP contribution in [0.3, 0.4) is 0 Å². The number of hydrogen-bond acceptors (Lipinski definition) is 4. The Balaban J connectivity index is 1.93. The first-order chi connectivity index (χ1) is 12.5. The molecular weight excluding hydrogens is 333 g/mol. The Kier molecular flexibility index (Phi) is 7.12. The number of anilines is 1. The SMILES string of the molecule is CCN(CC(=O)Nc1ccc(CC#N)cc1)Cc1ccc(OC)c(F)c1. The molecule has 0 saturated heterocycles. The summed E-state index contributed by atoms with van der Waals surface area (Å²) in [4.78, 5) is 14.2. The molecule has 2 aromatic carbocycles. The average molecular weight is 355 g/mol. The van der Waals surface area contributed by atoms with Gasteiger partial charge in [0.05, 0.1) is 26.1 Å². The lowest BCUT2D eigenvalue weighted by Gasteiger charge is -2.20. The predicted octanol–water partition coefficient (Wildman–Crippen LogP) is 3.36. The van der Waals surface area contributed by atoms with E-state index in [4.69, 9.17) is 10.00 Å². The quantitative estimate of drug-likeness (QED) is 0.789. The molecule has 0 radical (unpaired) electrons. The van der Waals surface area contributed by atoms with Gasteiger partial charge in [-0.25, -0.2) is 4.39 Å². The van der Waals surface area contributed by atoms with E-state index >= 15 is 0 Å². The molecule has 6 heteroatoms. The summed E-state index contributed by atoms with van der Waals surface area (Å²) in [7, 11) is 1.42. The molecule has 2 rings (SSSR count). The van der Waals surface area contributed by atoms with Gasteiger partial charge in [-0.15, -0.1) is 0 Å². The molecule has 1 amide bonds. The number of carbonyl (C=O) groups is 1. The molecule has 0 spiro atoms. The van der Waals surface area contributed by atoms with Crippen molar-refractivity contribution in [3.63, 3.8) is 0 Å². The molecule has 0 bridgehead atoms. The van der Waals surface area contributed by atoms with Gasteiger partial charge in [0.25, 0.3) is 0 Å². The van der Waals surface area contributed by atoms with Crippen molar-refractivity contribution < 1.29 is 13.9 Å². The number of nitriles is 1. The van der Waals surface area contributed by atoms with Crippen LogP contribution < -0.4 is 10.1 Å². The zero-order valence-electron chi connectivity index (χ0n) is 15.0. The van der Waals surface area contributed by atoms with Crippen molar-refractivity contribution in [2.75, 3.05) is 25.5 Å². The highest BCUT2D eigenvalue weighted by atomic mass is 19.1. The second-order valence-electron chi connectivity index (χ2n) is 5.85. The van der Waals surface area contributed by atoms with Gasteiger partial charge in [0, 0.05) is 12.2 Å². The molecule has 0 fully saturated rings. The van der Waals surface area contributed by atoms with Crippen LogP contribution in [0.15, 0.2) is 42.5 Å². The summed E-state index contributed by atoms with van der Waals surface area (Å²) in [5, 5.41) is 11.5. The molecule has 136 valence electrons. The van der Waals surface area contributed by atoms with Crippen LogP contribution in [0.2, 0.25) is 0 Å². The molecular formula is C20H22FN3O2. The zero-order valence-corrected chi connectivity index (χ0v) is 15.0. The summed E-state index contributed by atoms with van der Waals surface area (Å²) < 4.78 is 18.7. The summed E-state index contributed by atoms with van der Waals surface area (Å²) in [6.07, 6.45) is 0.344. The second-order valence-corrected chi connectivity index (χ2v) is 5.85. The van der Waals surface area contributed by atoms with Crippen molar-refractivity contribution in [2.45, 2.75) is 19.9 Å². The third-order valence-corrected chi connectivity index (χ3v) is 3.96. The fourth-order valence-electron chi connectivity index (χ4n) is 2.55. The van der Waals surface area contributed by atoms with Crippen LogP contribution in [-0.2, 0) is 17.8 Å². The average Bonchev–Trinajstić information content (AvgIpc) is 2.63. The lowest BCUT2D eigenvalue weighted by atomic mass is 10.1. The maximum Gasteiger partial charge on any atom is 0.238 e. The number of carbonyl (C=O) groups excluding carboxylic acids is 1. The first-order valence-electron chi connectivity index (χ1n) is 8.36. The number of amides is 1. The minimum absolute atomic E-state index is 0.145. The molecule has 0 atom stereocenters. The highest BCUT2D eigenvalue weighted by Crippen LogP contribution is 2.18. The van der Waals surface area contributed by atoms with E-state index in [1.807, 2.05) is 24.0 Å². The smallest absolute Gasteiger partial charge is 0.238 e. The Morgan fingerprint density at radius 3 is 2.50 bits per heavy atom. The maximum atomic E-state index is 13.8. The number of benzene rings is 2. The Labute approximate surface area is 153 Å². The van der Waals surface area contributed by atoms with E-state index in [0.29, 0.717) is 25.2 Å². The van der Waals surface area contributed by atoms with Crippen molar-refractivity contribution in [1.82, 2.24) is 4.90 Å². The molecule has 5 nitrogen and oxygen atoms in total. The molecule has 26 heavy (non-hydrogen) atoms. The zero-order chi connectivity index (χ0) is 18.9. The normalized spacial score (nSPS) is 10.4. The molecule has 0 aliphatic rings. The molecule has 0 aromatic heterocycles. The Morgan fingerprint density at radius 2 is 1.92 bits per heavy atom. The van der Waals surface area contributed by atoms with Crippen LogP contribution in [0.25, 0.3) is 0 Å². The fraction of sp³-hybridized carbons (Fsp3) is 0.300. The molecule has 0 saturated carbocycles. The van der Waals surface area contributed by atoms with Crippen molar-refractivity contribution >= 4 is 11.6 Å². The maximum absolute atomic E-state index is 13.8. The standard InChI is InChI=1S/C20H22FN3O2/c1-3-24(13-16-6-9-19(26-2)18(21)12-16)14-20(25)23-17-7-4-15(5-8-17)10-11-22/h4-9,12H,3,10,13-14H2,1-2H3,(H,23,25). The molecule has 0 aliphatic carbocycles. The Morgan fingerprint density at radius 1 is 1.23 bits per heavy atom. The fourth-order valence-corrected chi connectivity index (χ4v) is 2.55. The van der Waals surface area contributed by atoms with Crippen LogP contribution in [0, 0.1) is 17.1 Å². The summed E-state index contributed by atoms with van der Waals surface area (Å²) in [6, 6.07) is 14.1. The first kappa shape index (κ1) is 19.4. The van der Waals surface area contributed by atoms with Gasteiger partial charge in [0.2, 0.25) is 5.91 Å². The van der Waals surface area contributed by atoms with E-state index < -0.39 is 5.82 Å². The number of ether oxygens (including phenoxy) is 1. The lowest BCUT2D eigenvalue weighted by Crippen LogP contribution is -2.32. The Hall–Kier alpha value is -2.91. The third-order valence-electron chi connectivity index (χ3n) is 3.96. The third kappa shape index (κ3) is 5.57. The van der Waals surface area contributed by atoms with Crippen molar-refractivity contribution in [3.05, 3.63) is 59.4 Å². The largest absolute Gasteiger partial charge is 0.494 e. The van der Waals surface area contributed by atoms with Crippen molar-refractivity contribution in [3.8, 4) is 11.8 Å². The number of methoxy groups -OCH3 is 1. The van der Waals surface area contributed by atoms with Gasteiger partial charge in [0.15, 0.2) is 11.6 Å². The van der Waals surface area contributed by atoms with Crippen LogP contribution in [0.1, 0.15) is 18.1 Å². The topological polar surface area (TPSA) is 65.4 Å². The highest BCUT2D eigenvalue weighted by Gasteiger charge is 2.12. The number of halogens is 1. The molecule has 2 aromatic rings. The summed E-state index contributed by atoms with van der Waals surface area (Å²) in [5.41, 5.74) is 2.37. The van der Waals surface area contributed by atoms with Crippen molar-refractivity contribution in [1.29, 1.82) is 5.26 Å².